The molecule has 7 heteroatoms. The summed E-state index contributed by atoms with van der Waals surface area (Å²) in [5.74, 6) is -0.539. The van der Waals surface area contributed by atoms with Crippen molar-refractivity contribution in [3.63, 3.8) is 0 Å². The molecule has 3 rings (SSSR count). The number of nitrogens with zero attached hydrogens (tertiary/aromatic N) is 2. The van der Waals surface area contributed by atoms with Gasteiger partial charge in [0, 0.05) is 33.1 Å². The topological polar surface area (TPSA) is 69.7 Å². The second-order valence-electron chi connectivity index (χ2n) is 6.41. The first-order valence-electron chi connectivity index (χ1n) is 7.97. The molecule has 1 atom stereocenters. The van der Waals surface area contributed by atoms with Crippen molar-refractivity contribution in [1.29, 1.82) is 0 Å². The van der Waals surface area contributed by atoms with Gasteiger partial charge in [-0.15, -0.1) is 0 Å². The van der Waals surface area contributed by atoms with E-state index in [4.69, 9.17) is 11.6 Å². The van der Waals surface area contributed by atoms with Gasteiger partial charge in [-0.25, -0.2) is 0 Å². The second kappa shape index (κ2) is 6.43. The van der Waals surface area contributed by atoms with Gasteiger partial charge in [0.15, 0.2) is 0 Å². The normalized spacial score (nSPS) is 21.0. The monoisotopic (exact) mass is 349 g/mol. The highest BCUT2D eigenvalue weighted by atomic mass is 35.5. The minimum absolute atomic E-state index is 0.0136. The SMILES string of the molecule is CNC(=O)C1CC(=O)N(C2CN(C(=O)c3ccc(C)cc3Cl)C2)C1. The number of hydrogen-bond donors (Lipinski definition) is 1. The van der Waals surface area contributed by atoms with Crippen molar-refractivity contribution in [2.45, 2.75) is 19.4 Å². The van der Waals surface area contributed by atoms with Crippen LogP contribution in [0.5, 0.6) is 0 Å². The van der Waals surface area contributed by atoms with E-state index in [-0.39, 0.29) is 36.1 Å². The highest BCUT2D eigenvalue weighted by Crippen LogP contribution is 2.27. The summed E-state index contributed by atoms with van der Waals surface area (Å²) in [5, 5.41) is 3.03. The van der Waals surface area contributed by atoms with Crippen molar-refractivity contribution in [2.75, 3.05) is 26.7 Å². The third-order valence-corrected chi connectivity index (χ3v) is 5.03. The maximum atomic E-state index is 12.5. The van der Waals surface area contributed by atoms with Gasteiger partial charge in [0.1, 0.15) is 0 Å². The van der Waals surface area contributed by atoms with Crippen LogP contribution in [0.2, 0.25) is 5.02 Å². The first kappa shape index (κ1) is 16.8. The van der Waals surface area contributed by atoms with Crippen LogP contribution in [0.3, 0.4) is 0 Å². The van der Waals surface area contributed by atoms with Crippen LogP contribution in [-0.2, 0) is 9.59 Å². The van der Waals surface area contributed by atoms with Crippen LogP contribution in [0, 0.1) is 12.8 Å². The Kier molecular flexibility index (Phi) is 4.49. The van der Waals surface area contributed by atoms with E-state index in [1.165, 1.54) is 0 Å². The number of aryl methyl sites for hydroxylation is 1. The lowest BCUT2D eigenvalue weighted by atomic mass is 10.0. The summed E-state index contributed by atoms with van der Waals surface area (Å²) in [6.07, 6.45) is 0.244. The molecular weight excluding hydrogens is 330 g/mol. The van der Waals surface area contributed by atoms with Gasteiger partial charge in [-0.2, -0.15) is 0 Å². The number of rotatable bonds is 3. The van der Waals surface area contributed by atoms with E-state index in [1.807, 2.05) is 13.0 Å². The highest BCUT2D eigenvalue weighted by Gasteiger charge is 2.43. The van der Waals surface area contributed by atoms with Crippen molar-refractivity contribution in [3.8, 4) is 0 Å². The Balaban J connectivity index is 1.60. The maximum Gasteiger partial charge on any atom is 0.255 e. The Labute approximate surface area is 145 Å². The van der Waals surface area contributed by atoms with Crippen molar-refractivity contribution in [2.24, 2.45) is 5.92 Å². The third kappa shape index (κ3) is 2.98. The smallest absolute Gasteiger partial charge is 0.255 e. The molecule has 3 amide bonds. The Bertz CT molecular complexity index is 700. The van der Waals surface area contributed by atoms with Crippen molar-refractivity contribution in [1.82, 2.24) is 15.1 Å². The summed E-state index contributed by atoms with van der Waals surface area (Å²) in [5.41, 5.74) is 1.48. The molecule has 6 nitrogen and oxygen atoms in total. The molecule has 24 heavy (non-hydrogen) atoms. The van der Waals surface area contributed by atoms with E-state index < -0.39 is 0 Å². The Morgan fingerprint density at radius 3 is 2.58 bits per heavy atom. The molecule has 2 aliphatic rings. The van der Waals surface area contributed by atoms with Gasteiger partial charge in [0.05, 0.1) is 22.5 Å². The molecule has 1 aromatic carbocycles. The fourth-order valence-electron chi connectivity index (χ4n) is 3.25. The number of carbonyl (C=O) groups excluding carboxylic acids is 3. The fraction of sp³-hybridized carbons (Fsp3) is 0.471. The zero-order chi connectivity index (χ0) is 17.4. The van der Waals surface area contributed by atoms with E-state index >= 15 is 0 Å². The number of hydrogen-bond acceptors (Lipinski definition) is 3. The molecule has 0 saturated carbocycles. The van der Waals surface area contributed by atoms with Crippen LogP contribution in [-0.4, -0.2) is 60.2 Å². The van der Waals surface area contributed by atoms with E-state index in [1.54, 1.807) is 29.0 Å². The van der Waals surface area contributed by atoms with Crippen LogP contribution < -0.4 is 5.32 Å². The molecule has 128 valence electrons. The van der Waals surface area contributed by atoms with Gasteiger partial charge >= 0.3 is 0 Å². The molecule has 1 N–H and O–H groups in total. The number of nitrogens with one attached hydrogen (secondary N) is 1. The first-order chi connectivity index (χ1) is 11.4. The van der Waals surface area contributed by atoms with Gasteiger partial charge in [0.25, 0.3) is 5.91 Å². The summed E-state index contributed by atoms with van der Waals surface area (Å²) in [6.45, 7) is 3.31. The highest BCUT2D eigenvalue weighted by molar-refractivity contribution is 6.33. The molecule has 0 aromatic heterocycles. The second-order valence-corrected chi connectivity index (χ2v) is 6.82. The van der Waals surface area contributed by atoms with E-state index in [0.29, 0.717) is 30.2 Å². The average molecular weight is 350 g/mol. The summed E-state index contributed by atoms with van der Waals surface area (Å²) >= 11 is 6.15. The lowest BCUT2D eigenvalue weighted by molar-refractivity contribution is -0.132. The lowest BCUT2D eigenvalue weighted by Gasteiger charge is -2.44. The first-order valence-corrected chi connectivity index (χ1v) is 8.35. The fourth-order valence-corrected chi connectivity index (χ4v) is 3.56. The molecule has 0 bridgehead atoms. The summed E-state index contributed by atoms with van der Waals surface area (Å²) in [6, 6.07) is 5.34. The zero-order valence-electron chi connectivity index (χ0n) is 13.7. The Morgan fingerprint density at radius 1 is 1.25 bits per heavy atom. The quantitative estimate of drug-likeness (QED) is 0.887. The van der Waals surface area contributed by atoms with Gasteiger partial charge in [-0.1, -0.05) is 17.7 Å². The molecule has 0 spiro atoms. The lowest BCUT2D eigenvalue weighted by Crippen LogP contribution is -2.61. The van der Waals surface area contributed by atoms with Crippen LogP contribution in [0.25, 0.3) is 0 Å². The molecule has 1 unspecified atom stereocenters. The van der Waals surface area contributed by atoms with Crippen molar-refractivity contribution in [3.05, 3.63) is 34.3 Å². The molecule has 2 aliphatic heterocycles. The molecule has 2 heterocycles. The van der Waals surface area contributed by atoms with E-state index in [9.17, 15) is 14.4 Å². The van der Waals surface area contributed by atoms with Crippen LogP contribution in [0.1, 0.15) is 22.3 Å². The van der Waals surface area contributed by atoms with Crippen LogP contribution >= 0.6 is 11.6 Å². The predicted octanol–water partition coefficient (Wildman–Crippen LogP) is 1.07. The molecule has 2 saturated heterocycles. The number of carbonyl (C=O) groups is 3. The minimum atomic E-state index is -0.293. The summed E-state index contributed by atoms with van der Waals surface area (Å²) in [7, 11) is 1.57. The third-order valence-electron chi connectivity index (χ3n) is 4.72. The summed E-state index contributed by atoms with van der Waals surface area (Å²) in [4.78, 5) is 39.7. The molecule has 1 aromatic rings. The van der Waals surface area contributed by atoms with E-state index in [2.05, 4.69) is 5.32 Å². The standard InChI is InChI=1S/C17H20ClN3O3/c1-10-3-4-13(14(18)5-10)17(24)20-8-12(9-20)21-7-11(6-15(21)22)16(23)19-2/h3-5,11-12H,6-9H2,1-2H3,(H,19,23). The zero-order valence-corrected chi connectivity index (χ0v) is 14.5. The predicted molar refractivity (Wildman–Crippen MR) is 89.8 cm³/mol. The van der Waals surface area contributed by atoms with Crippen LogP contribution in [0.4, 0.5) is 0 Å². The number of amides is 3. The average Bonchev–Trinajstić information content (AvgIpc) is 2.86. The number of benzene rings is 1. The van der Waals surface area contributed by atoms with E-state index in [0.717, 1.165) is 5.56 Å². The minimum Gasteiger partial charge on any atom is -0.359 e. The van der Waals surface area contributed by atoms with Crippen molar-refractivity contribution >= 4 is 29.3 Å². The number of halogens is 1. The molecule has 0 radical (unpaired) electrons. The van der Waals surface area contributed by atoms with Crippen LogP contribution in [0.15, 0.2) is 18.2 Å². The van der Waals surface area contributed by atoms with Gasteiger partial charge < -0.3 is 15.1 Å². The van der Waals surface area contributed by atoms with Crippen molar-refractivity contribution < 1.29 is 14.4 Å². The Hall–Kier alpha value is -2.08. The summed E-state index contributed by atoms with van der Waals surface area (Å²) < 4.78 is 0. The number of likely N-dealkylation sites (tertiary alicyclic amines) is 2. The van der Waals surface area contributed by atoms with Gasteiger partial charge in [0.2, 0.25) is 11.8 Å². The van der Waals surface area contributed by atoms with Gasteiger partial charge in [-0.3, -0.25) is 14.4 Å². The molecule has 2 fully saturated rings. The largest absolute Gasteiger partial charge is 0.359 e. The van der Waals surface area contributed by atoms with Gasteiger partial charge in [-0.05, 0) is 24.6 Å². The maximum absolute atomic E-state index is 12.5. The Morgan fingerprint density at radius 2 is 1.96 bits per heavy atom. The molecular formula is C17H20ClN3O3. The molecule has 0 aliphatic carbocycles.